The molecule has 0 aliphatic carbocycles. The van der Waals surface area contributed by atoms with Crippen LogP contribution in [0.25, 0.3) is 11.3 Å². The highest BCUT2D eigenvalue weighted by atomic mass is 32.2. The quantitative estimate of drug-likeness (QED) is 0.761. The van der Waals surface area contributed by atoms with E-state index in [1.807, 2.05) is 56.9 Å². The normalized spacial score (nSPS) is 11.0. The van der Waals surface area contributed by atoms with Gasteiger partial charge in [-0.05, 0) is 52.0 Å². The number of hydrogen-bond donors (Lipinski definition) is 0. The number of aromatic nitrogens is 3. The Hall–Kier alpha value is -1.95. The summed E-state index contributed by atoms with van der Waals surface area (Å²) in [5.41, 5.74) is 1.71. The minimum atomic E-state index is 0.123. The third kappa shape index (κ3) is 4.76. The molecule has 2 heterocycles. The first kappa shape index (κ1) is 17.4. The van der Waals surface area contributed by atoms with Gasteiger partial charge in [-0.15, -0.1) is 10.2 Å². The minimum absolute atomic E-state index is 0.123. The van der Waals surface area contributed by atoms with E-state index in [0.29, 0.717) is 5.75 Å². The van der Waals surface area contributed by atoms with Crippen LogP contribution in [0, 0.1) is 0 Å². The van der Waals surface area contributed by atoms with Crippen molar-refractivity contribution in [3.05, 3.63) is 36.7 Å². The Bertz CT molecular complexity index is 621. The fourth-order valence-electron chi connectivity index (χ4n) is 2.45. The van der Waals surface area contributed by atoms with Crippen molar-refractivity contribution in [3.8, 4) is 11.3 Å². The second-order valence-corrected chi connectivity index (χ2v) is 6.77. The van der Waals surface area contributed by atoms with E-state index in [1.165, 1.54) is 11.8 Å². The molecule has 2 rings (SSSR count). The topological polar surface area (TPSA) is 59.0 Å². The Morgan fingerprint density at radius 3 is 2.39 bits per heavy atom. The minimum Gasteiger partial charge on any atom is -0.337 e. The van der Waals surface area contributed by atoms with Gasteiger partial charge in [0, 0.05) is 30.0 Å². The third-order valence-corrected chi connectivity index (χ3v) is 4.25. The van der Waals surface area contributed by atoms with Crippen LogP contribution in [0.4, 0.5) is 0 Å². The average Bonchev–Trinajstić information content (AvgIpc) is 2.53. The number of carbonyl (C=O) groups excluding carboxylic acids is 1. The van der Waals surface area contributed by atoms with Crippen molar-refractivity contribution in [3.63, 3.8) is 0 Å². The number of pyridine rings is 1. The van der Waals surface area contributed by atoms with E-state index in [0.717, 1.165) is 16.3 Å². The van der Waals surface area contributed by atoms with Crippen molar-refractivity contribution in [2.24, 2.45) is 0 Å². The van der Waals surface area contributed by atoms with Crippen molar-refractivity contribution < 1.29 is 4.79 Å². The molecule has 6 heteroatoms. The summed E-state index contributed by atoms with van der Waals surface area (Å²) in [7, 11) is 0. The van der Waals surface area contributed by atoms with Crippen molar-refractivity contribution in [2.45, 2.75) is 44.8 Å². The predicted molar refractivity (Wildman–Crippen MR) is 93.1 cm³/mol. The first-order chi connectivity index (χ1) is 11.0. The van der Waals surface area contributed by atoms with Crippen LogP contribution < -0.4 is 0 Å². The molecule has 0 aliphatic rings. The zero-order valence-electron chi connectivity index (χ0n) is 13.9. The molecule has 2 aromatic rings. The lowest BCUT2D eigenvalue weighted by molar-refractivity contribution is -0.131. The first-order valence-electron chi connectivity index (χ1n) is 7.67. The summed E-state index contributed by atoms with van der Waals surface area (Å²) in [6, 6.07) is 7.99. The number of thioether (sulfide) groups is 1. The molecule has 2 aromatic heterocycles. The zero-order valence-corrected chi connectivity index (χ0v) is 14.7. The molecule has 23 heavy (non-hydrogen) atoms. The smallest absolute Gasteiger partial charge is 0.233 e. The van der Waals surface area contributed by atoms with Crippen LogP contribution in [0.1, 0.15) is 27.7 Å². The molecule has 0 radical (unpaired) electrons. The molecule has 0 saturated carbocycles. The molecule has 0 saturated heterocycles. The molecule has 122 valence electrons. The van der Waals surface area contributed by atoms with E-state index in [-0.39, 0.29) is 18.0 Å². The lowest BCUT2D eigenvalue weighted by Crippen LogP contribution is -2.43. The van der Waals surface area contributed by atoms with Crippen LogP contribution in [-0.4, -0.2) is 43.8 Å². The van der Waals surface area contributed by atoms with Gasteiger partial charge in [-0.1, -0.05) is 11.8 Å². The number of hydrogen-bond acceptors (Lipinski definition) is 5. The van der Waals surface area contributed by atoms with Gasteiger partial charge in [-0.25, -0.2) is 0 Å². The Kier molecular flexibility index (Phi) is 6.10. The third-order valence-electron chi connectivity index (χ3n) is 3.34. The van der Waals surface area contributed by atoms with Crippen molar-refractivity contribution in [1.29, 1.82) is 0 Å². The Morgan fingerprint density at radius 2 is 1.87 bits per heavy atom. The van der Waals surface area contributed by atoms with E-state index >= 15 is 0 Å². The lowest BCUT2D eigenvalue weighted by Gasteiger charge is -2.30. The van der Waals surface area contributed by atoms with Gasteiger partial charge < -0.3 is 4.90 Å². The van der Waals surface area contributed by atoms with Crippen LogP contribution in [0.15, 0.2) is 41.7 Å². The second-order valence-electron chi connectivity index (χ2n) is 5.78. The SMILES string of the molecule is CC(C)N(C(=O)CSc1ccc(-c2cccnc2)nn1)C(C)C. The monoisotopic (exact) mass is 330 g/mol. The summed E-state index contributed by atoms with van der Waals surface area (Å²) in [4.78, 5) is 18.3. The summed E-state index contributed by atoms with van der Waals surface area (Å²) in [5, 5.41) is 9.15. The van der Waals surface area contributed by atoms with Gasteiger partial charge in [-0.2, -0.15) is 0 Å². The molecule has 0 fully saturated rings. The molecule has 0 aromatic carbocycles. The van der Waals surface area contributed by atoms with Crippen LogP contribution >= 0.6 is 11.8 Å². The molecule has 0 N–H and O–H groups in total. The molecule has 0 aliphatic heterocycles. The zero-order chi connectivity index (χ0) is 16.8. The highest BCUT2D eigenvalue weighted by Gasteiger charge is 2.20. The van der Waals surface area contributed by atoms with E-state index in [4.69, 9.17) is 0 Å². The second kappa shape index (κ2) is 8.06. The maximum absolute atomic E-state index is 12.3. The van der Waals surface area contributed by atoms with Crippen LogP contribution in [0.3, 0.4) is 0 Å². The van der Waals surface area contributed by atoms with Gasteiger partial charge in [0.25, 0.3) is 0 Å². The van der Waals surface area contributed by atoms with Gasteiger partial charge in [0.05, 0.1) is 11.4 Å². The lowest BCUT2D eigenvalue weighted by atomic mass is 10.2. The summed E-state index contributed by atoms with van der Waals surface area (Å²) >= 11 is 1.42. The Morgan fingerprint density at radius 1 is 1.13 bits per heavy atom. The fraction of sp³-hybridized carbons (Fsp3) is 0.412. The first-order valence-corrected chi connectivity index (χ1v) is 8.65. The van der Waals surface area contributed by atoms with Gasteiger partial charge in [0.2, 0.25) is 5.91 Å². The number of nitrogens with zero attached hydrogens (tertiary/aromatic N) is 4. The van der Waals surface area contributed by atoms with Crippen molar-refractivity contribution in [1.82, 2.24) is 20.1 Å². The predicted octanol–water partition coefficient (Wildman–Crippen LogP) is 3.28. The largest absolute Gasteiger partial charge is 0.337 e. The van der Waals surface area contributed by atoms with Crippen LogP contribution in [-0.2, 0) is 4.79 Å². The van der Waals surface area contributed by atoms with E-state index < -0.39 is 0 Å². The number of carbonyl (C=O) groups is 1. The van der Waals surface area contributed by atoms with Gasteiger partial charge in [-0.3, -0.25) is 9.78 Å². The Balaban J connectivity index is 1.98. The summed E-state index contributed by atoms with van der Waals surface area (Å²) in [6.45, 7) is 8.13. The maximum atomic E-state index is 12.3. The summed E-state index contributed by atoms with van der Waals surface area (Å²) < 4.78 is 0. The number of rotatable bonds is 6. The van der Waals surface area contributed by atoms with Gasteiger partial charge in [0.15, 0.2) is 0 Å². The summed E-state index contributed by atoms with van der Waals surface area (Å²) in [5.74, 6) is 0.496. The molecule has 0 bridgehead atoms. The van der Waals surface area contributed by atoms with Crippen LogP contribution in [0.5, 0.6) is 0 Å². The van der Waals surface area contributed by atoms with Gasteiger partial charge >= 0.3 is 0 Å². The van der Waals surface area contributed by atoms with Gasteiger partial charge in [0.1, 0.15) is 5.03 Å². The molecular weight excluding hydrogens is 308 g/mol. The van der Waals surface area contributed by atoms with E-state index in [1.54, 1.807) is 12.4 Å². The fourth-order valence-corrected chi connectivity index (χ4v) is 3.13. The highest BCUT2D eigenvalue weighted by Crippen LogP contribution is 2.20. The maximum Gasteiger partial charge on any atom is 0.233 e. The van der Waals surface area contributed by atoms with Crippen molar-refractivity contribution >= 4 is 17.7 Å². The molecule has 0 unspecified atom stereocenters. The standard InChI is InChI=1S/C17H22N4OS/c1-12(2)21(13(3)4)17(22)11-23-16-8-7-15(19-20-16)14-6-5-9-18-10-14/h5-10,12-13H,11H2,1-4H3. The Labute approximate surface area is 141 Å². The highest BCUT2D eigenvalue weighted by molar-refractivity contribution is 7.99. The summed E-state index contributed by atoms with van der Waals surface area (Å²) in [6.07, 6.45) is 3.48. The average molecular weight is 330 g/mol. The van der Waals surface area contributed by atoms with Crippen LogP contribution in [0.2, 0.25) is 0 Å². The van der Waals surface area contributed by atoms with Crippen molar-refractivity contribution in [2.75, 3.05) is 5.75 Å². The molecular formula is C17H22N4OS. The van der Waals surface area contributed by atoms with E-state index in [9.17, 15) is 4.79 Å². The molecule has 5 nitrogen and oxygen atoms in total. The molecule has 0 spiro atoms. The number of amides is 1. The molecule has 1 amide bonds. The molecule has 0 atom stereocenters. The van der Waals surface area contributed by atoms with E-state index in [2.05, 4.69) is 15.2 Å².